The summed E-state index contributed by atoms with van der Waals surface area (Å²) in [6.07, 6.45) is 4.49. The highest BCUT2D eigenvalue weighted by molar-refractivity contribution is 8.13. The molecular weight excluding hydrogens is 318 g/mol. The highest BCUT2D eigenvalue weighted by atomic mass is 32.2. The Bertz CT molecular complexity index is 740. The van der Waals surface area contributed by atoms with Crippen LogP contribution < -0.4 is 10.1 Å². The molecule has 0 atom stereocenters. The van der Waals surface area contributed by atoms with Gasteiger partial charge in [0.15, 0.2) is 0 Å². The van der Waals surface area contributed by atoms with E-state index in [1.807, 2.05) is 31.2 Å². The largest absolute Gasteiger partial charge is 0.489 e. The van der Waals surface area contributed by atoms with E-state index in [4.69, 9.17) is 4.74 Å². The van der Waals surface area contributed by atoms with Crippen molar-refractivity contribution in [1.29, 1.82) is 0 Å². The van der Waals surface area contributed by atoms with Gasteiger partial charge in [0.2, 0.25) is 0 Å². The fourth-order valence-corrected chi connectivity index (χ4v) is 2.67. The Labute approximate surface area is 148 Å². The number of para-hydroxylation sites is 1. The molecule has 0 bridgehead atoms. The van der Waals surface area contributed by atoms with E-state index < -0.39 is 0 Å². The number of hydrogen-bond acceptors (Lipinski definition) is 3. The van der Waals surface area contributed by atoms with Crippen molar-refractivity contribution in [2.24, 2.45) is 0 Å². The van der Waals surface area contributed by atoms with Crippen LogP contribution in [0.5, 0.6) is 5.75 Å². The van der Waals surface area contributed by atoms with Crippen molar-refractivity contribution >= 4 is 28.8 Å². The number of carbonyl (C=O) groups is 1. The number of amides is 1. The van der Waals surface area contributed by atoms with Gasteiger partial charge in [0, 0.05) is 5.56 Å². The number of carbonyl (C=O) groups excluding carboxylic acids is 1. The molecule has 0 fully saturated rings. The molecule has 0 aliphatic carbocycles. The van der Waals surface area contributed by atoms with Crippen molar-refractivity contribution in [2.45, 2.75) is 26.9 Å². The van der Waals surface area contributed by atoms with Gasteiger partial charge in [-0.15, -0.1) is 0 Å². The molecule has 24 heavy (non-hydrogen) atoms. The Balaban J connectivity index is 2.23. The molecule has 0 saturated carbocycles. The molecule has 0 spiro atoms. The Hall–Kier alpha value is -2.20. The van der Waals surface area contributed by atoms with E-state index in [9.17, 15) is 4.79 Å². The Morgan fingerprint density at radius 1 is 1.33 bits per heavy atom. The molecule has 0 heterocycles. The summed E-state index contributed by atoms with van der Waals surface area (Å²) in [6.45, 7) is 8.39. The van der Waals surface area contributed by atoms with Crippen molar-refractivity contribution in [3.05, 3.63) is 65.2 Å². The van der Waals surface area contributed by atoms with E-state index in [1.54, 1.807) is 12.3 Å². The molecule has 0 radical (unpaired) electrons. The van der Waals surface area contributed by atoms with E-state index in [-0.39, 0.29) is 5.24 Å². The number of nitrogens with one attached hydrogen (secondary N) is 1. The number of hydrogen-bond donors (Lipinski definition) is 1. The first-order valence-electron chi connectivity index (χ1n) is 7.90. The quantitative estimate of drug-likeness (QED) is 0.735. The normalized spacial score (nSPS) is 10.3. The van der Waals surface area contributed by atoms with Gasteiger partial charge >= 0.3 is 0 Å². The zero-order valence-corrected chi connectivity index (χ0v) is 15.2. The predicted octanol–water partition coefficient (Wildman–Crippen LogP) is 5.67. The van der Waals surface area contributed by atoms with Crippen molar-refractivity contribution < 1.29 is 9.53 Å². The molecule has 0 aliphatic rings. The van der Waals surface area contributed by atoms with Gasteiger partial charge in [0.05, 0.1) is 5.69 Å². The summed E-state index contributed by atoms with van der Waals surface area (Å²) in [5, 5.41) is 2.82. The van der Waals surface area contributed by atoms with Crippen LogP contribution in [0.15, 0.2) is 43.0 Å². The Kier molecular flexibility index (Phi) is 6.50. The minimum Gasteiger partial charge on any atom is -0.489 e. The molecule has 2 aromatic carbocycles. The molecule has 4 heteroatoms. The lowest BCUT2D eigenvalue weighted by Gasteiger charge is -2.15. The summed E-state index contributed by atoms with van der Waals surface area (Å²) in [4.78, 5) is 11.8. The molecule has 1 N–H and O–H groups in total. The van der Waals surface area contributed by atoms with Crippen molar-refractivity contribution in [1.82, 2.24) is 0 Å². The molecule has 0 unspecified atom stereocenters. The molecule has 3 nitrogen and oxygen atoms in total. The van der Waals surface area contributed by atoms with Gasteiger partial charge in [-0.3, -0.25) is 4.79 Å². The number of anilines is 1. The topological polar surface area (TPSA) is 38.3 Å². The molecule has 0 saturated heterocycles. The van der Waals surface area contributed by atoms with Crippen LogP contribution in [0.3, 0.4) is 0 Å². The number of thioether (sulfide) groups is 1. The van der Waals surface area contributed by atoms with E-state index >= 15 is 0 Å². The van der Waals surface area contributed by atoms with E-state index in [0.29, 0.717) is 6.61 Å². The number of ether oxygens (including phenoxy) is 1. The van der Waals surface area contributed by atoms with E-state index in [2.05, 4.69) is 31.0 Å². The van der Waals surface area contributed by atoms with Crippen LogP contribution in [0, 0.1) is 6.92 Å². The van der Waals surface area contributed by atoms with E-state index in [0.717, 1.165) is 46.3 Å². The minimum atomic E-state index is -0.103. The predicted molar refractivity (Wildman–Crippen MR) is 104 cm³/mol. The van der Waals surface area contributed by atoms with Gasteiger partial charge in [0.1, 0.15) is 12.4 Å². The fraction of sp³-hybridized carbons (Fsp3) is 0.250. The van der Waals surface area contributed by atoms with Crippen molar-refractivity contribution in [2.75, 3.05) is 11.6 Å². The first kappa shape index (κ1) is 18.1. The zero-order valence-electron chi connectivity index (χ0n) is 14.4. The lowest BCUT2D eigenvalue weighted by Crippen LogP contribution is -2.10. The van der Waals surface area contributed by atoms with Gasteiger partial charge < -0.3 is 10.1 Å². The van der Waals surface area contributed by atoms with Crippen LogP contribution in [-0.2, 0) is 13.0 Å². The van der Waals surface area contributed by atoms with Gasteiger partial charge in [-0.05, 0) is 42.4 Å². The molecule has 126 valence electrons. The second kappa shape index (κ2) is 8.60. The molecule has 1 amide bonds. The number of rotatable bonds is 6. The van der Waals surface area contributed by atoms with Crippen molar-refractivity contribution in [3.8, 4) is 5.75 Å². The van der Waals surface area contributed by atoms with E-state index in [1.165, 1.54) is 5.56 Å². The molecule has 2 rings (SSSR count). The molecular formula is C20H23NO2S. The van der Waals surface area contributed by atoms with Gasteiger partial charge in [-0.2, -0.15) is 0 Å². The highest BCUT2D eigenvalue weighted by Gasteiger charge is 2.11. The third-order valence-electron chi connectivity index (χ3n) is 3.85. The Morgan fingerprint density at radius 3 is 2.75 bits per heavy atom. The standard InChI is InChI=1S/C20H23NO2S/c1-5-15-10-11-18(14(3)12-15)23-13-17-9-7-8-16(6-2)19(17)21-20(22)24-4/h6-12H,2,5,13H2,1,3-4H3,(H,21,22). The summed E-state index contributed by atoms with van der Waals surface area (Å²) < 4.78 is 5.99. The summed E-state index contributed by atoms with van der Waals surface area (Å²) in [7, 11) is 0. The summed E-state index contributed by atoms with van der Waals surface area (Å²) in [5.41, 5.74) is 4.98. The average Bonchev–Trinajstić information content (AvgIpc) is 2.61. The lowest BCUT2D eigenvalue weighted by atomic mass is 10.1. The maximum atomic E-state index is 11.8. The van der Waals surface area contributed by atoms with Gasteiger partial charge in [0.25, 0.3) is 5.24 Å². The molecule has 0 aromatic heterocycles. The van der Waals surface area contributed by atoms with Crippen molar-refractivity contribution in [3.63, 3.8) is 0 Å². The SMILES string of the molecule is C=Cc1cccc(COc2ccc(CC)cc2C)c1NC(=O)SC. The fourth-order valence-electron chi connectivity index (χ4n) is 2.46. The summed E-state index contributed by atoms with van der Waals surface area (Å²) in [6, 6.07) is 12.1. The van der Waals surface area contributed by atoms with Crippen LogP contribution in [0.2, 0.25) is 0 Å². The van der Waals surface area contributed by atoms with Crippen LogP contribution >= 0.6 is 11.8 Å². The number of benzene rings is 2. The monoisotopic (exact) mass is 341 g/mol. The Morgan fingerprint density at radius 2 is 2.12 bits per heavy atom. The smallest absolute Gasteiger partial charge is 0.283 e. The van der Waals surface area contributed by atoms with Crippen LogP contribution in [-0.4, -0.2) is 11.5 Å². The third-order valence-corrected chi connectivity index (χ3v) is 4.32. The average molecular weight is 341 g/mol. The van der Waals surface area contributed by atoms with Gasteiger partial charge in [-0.1, -0.05) is 61.7 Å². The number of aryl methyl sites for hydroxylation is 2. The first-order chi connectivity index (χ1) is 11.6. The first-order valence-corrected chi connectivity index (χ1v) is 9.13. The third kappa shape index (κ3) is 4.42. The van der Waals surface area contributed by atoms with Crippen LogP contribution in [0.1, 0.15) is 29.2 Å². The second-order valence-electron chi connectivity index (χ2n) is 5.44. The highest BCUT2D eigenvalue weighted by Crippen LogP contribution is 2.26. The maximum absolute atomic E-state index is 11.8. The maximum Gasteiger partial charge on any atom is 0.283 e. The molecule has 0 aliphatic heterocycles. The molecule has 2 aromatic rings. The second-order valence-corrected chi connectivity index (χ2v) is 6.22. The zero-order chi connectivity index (χ0) is 17.5. The summed E-state index contributed by atoms with van der Waals surface area (Å²) >= 11 is 1.14. The minimum absolute atomic E-state index is 0.103. The van der Waals surface area contributed by atoms with Gasteiger partial charge in [-0.25, -0.2) is 0 Å². The van der Waals surface area contributed by atoms with Crippen LogP contribution in [0.25, 0.3) is 6.08 Å². The van der Waals surface area contributed by atoms with Crippen LogP contribution in [0.4, 0.5) is 10.5 Å². The lowest BCUT2D eigenvalue weighted by molar-refractivity contribution is 0.269. The summed E-state index contributed by atoms with van der Waals surface area (Å²) in [5.74, 6) is 0.860.